The molecule has 0 bridgehead atoms. The Morgan fingerprint density at radius 2 is 2.17 bits per heavy atom. The molecule has 0 saturated carbocycles. The maximum atomic E-state index is 5.85. The molecule has 0 atom stereocenters. The standard InChI is InChI=1S/C8H15BrN3/c1-4-7-6(2)8(5-9)11(3)12(7)10/h4-5,10H2,1-3H3/q+1. The minimum Gasteiger partial charge on any atom is -0.219 e. The Labute approximate surface area is 81.3 Å². The number of rotatable bonds is 2. The number of hydrogen-bond acceptors (Lipinski definition) is 1. The summed E-state index contributed by atoms with van der Waals surface area (Å²) in [5, 5.41) is 0.854. The summed E-state index contributed by atoms with van der Waals surface area (Å²) in [6.45, 7) is 4.22. The molecule has 0 fully saturated rings. The molecule has 0 aromatic carbocycles. The number of aromatic nitrogens is 2. The van der Waals surface area contributed by atoms with Crippen molar-refractivity contribution in [1.82, 2.24) is 4.79 Å². The van der Waals surface area contributed by atoms with Gasteiger partial charge < -0.3 is 0 Å². The lowest BCUT2D eigenvalue weighted by Gasteiger charge is -1.95. The van der Waals surface area contributed by atoms with Gasteiger partial charge in [0, 0.05) is 5.56 Å². The smallest absolute Gasteiger partial charge is 0.139 e. The number of nitrogens with zero attached hydrogens (tertiary/aromatic N) is 2. The highest BCUT2D eigenvalue weighted by atomic mass is 79.9. The second kappa shape index (κ2) is 3.47. The molecule has 0 aliphatic heterocycles. The number of halogens is 1. The van der Waals surface area contributed by atoms with Crippen molar-refractivity contribution < 1.29 is 4.68 Å². The van der Waals surface area contributed by atoms with E-state index in [1.807, 2.05) is 11.7 Å². The predicted octanol–water partition coefficient (Wildman–Crippen LogP) is 0.792. The number of nitrogen functional groups attached to an aromatic ring is 1. The summed E-state index contributed by atoms with van der Waals surface area (Å²) in [5.41, 5.74) is 3.74. The van der Waals surface area contributed by atoms with Gasteiger partial charge in [-0.3, -0.25) is 0 Å². The van der Waals surface area contributed by atoms with Crippen LogP contribution in [0.4, 0.5) is 0 Å². The summed E-state index contributed by atoms with van der Waals surface area (Å²) in [6, 6.07) is 0. The maximum Gasteiger partial charge on any atom is 0.139 e. The van der Waals surface area contributed by atoms with Crippen LogP contribution < -0.4 is 10.5 Å². The molecule has 0 aliphatic rings. The van der Waals surface area contributed by atoms with Crippen LogP contribution in [-0.4, -0.2) is 4.79 Å². The maximum absolute atomic E-state index is 5.85. The normalized spacial score (nSPS) is 10.7. The minimum atomic E-state index is 0.854. The molecule has 4 heteroatoms. The second-order valence-electron chi connectivity index (χ2n) is 2.87. The largest absolute Gasteiger partial charge is 0.219 e. The van der Waals surface area contributed by atoms with E-state index in [2.05, 4.69) is 29.8 Å². The first-order chi connectivity index (χ1) is 5.63. The van der Waals surface area contributed by atoms with Crippen molar-refractivity contribution in [3.8, 4) is 0 Å². The van der Waals surface area contributed by atoms with Gasteiger partial charge in [-0.2, -0.15) is 4.68 Å². The van der Waals surface area contributed by atoms with Crippen LogP contribution in [0.15, 0.2) is 0 Å². The Hall–Kier alpha value is -0.510. The molecule has 1 heterocycles. The fourth-order valence-electron chi connectivity index (χ4n) is 1.51. The molecule has 0 amide bonds. The SMILES string of the molecule is CCc1c(C)c(CBr)[n+](C)n1N. The molecular formula is C8H15BrN3+. The van der Waals surface area contributed by atoms with E-state index in [-0.39, 0.29) is 0 Å². The molecule has 1 aromatic rings. The van der Waals surface area contributed by atoms with Gasteiger partial charge in [-0.1, -0.05) is 27.6 Å². The highest BCUT2D eigenvalue weighted by Gasteiger charge is 2.17. The fourth-order valence-corrected chi connectivity index (χ4v) is 2.29. The molecule has 68 valence electrons. The number of nitrogens with two attached hydrogens (primary N) is 1. The molecule has 0 radical (unpaired) electrons. The van der Waals surface area contributed by atoms with Gasteiger partial charge in [0.05, 0.1) is 5.33 Å². The summed E-state index contributed by atoms with van der Waals surface area (Å²) in [5.74, 6) is 5.85. The van der Waals surface area contributed by atoms with Gasteiger partial charge in [-0.15, -0.1) is 0 Å². The molecule has 2 N–H and O–H groups in total. The van der Waals surface area contributed by atoms with Gasteiger partial charge in [0.15, 0.2) is 0 Å². The molecule has 3 nitrogen and oxygen atoms in total. The van der Waals surface area contributed by atoms with Gasteiger partial charge in [0.25, 0.3) is 0 Å². The van der Waals surface area contributed by atoms with E-state index in [0.29, 0.717) is 0 Å². The van der Waals surface area contributed by atoms with Crippen molar-refractivity contribution >= 4 is 15.9 Å². The third-order valence-corrected chi connectivity index (χ3v) is 2.85. The molecule has 0 unspecified atom stereocenters. The van der Waals surface area contributed by atoms with Gasteiger partial charge in [0.2, 0.25) is 0 Å². The first-order valence-electron chi connectivity index (χ1n) is 4.03. The Kier molecular flexibility index (Phi) is 2.77. The average molecular weight is 233 g/mol. The van der Waals surface area contributed by atoms with Crippen molar-refractivity contribution in [3.05, 3.63) is 17.0 Å². The Bertz CT molecular complexity index is 263. The predicted molar refractivity (Wildman–Crippen MR) is 52.5 cm³/mol. The van der Waals surface area contributed by atoms with E-state index < -0.39 is 0 Å². The van der Waals surface area contributed by atoms with Crippen LogP contribution in [0.5, 0.6) is 0 Å². The highest BCUT2D eigenvalue weighted by Crippen LogP contribution is 2.12. The highest BCUT2D eigenvalue weighted by molar-refractivity contribution is 9.08. The van der Waals surface area contributed by atoms with E-state index >= 15 is 0 Å². The lowest BCUT2D eigenvalue weighted by Crippen LogP contribution is -2.46. The van der Waals surface area contributed by atoms with Crippen molar-refractivity contribution in [2.24, 2.45) is 7.05 Å². The van der Waals surface area contributed by atoms with Crippen molar-refractivity contribution in [2.75, 3.05) is 5.84 Å². The van der Waals surface area contributed by atoms with E-state index in [0.717, 1.165) is 11.8 Å². The van der Waals surface area contributed by atoms with Gasteiger partial charge in [-0.05, 0) is 13.3 Å². The van der Waals surface area contributed by atoms with Crippen LogP contribution in [0.2, 0.25) is 0 Å². The van der Waals surface area contributed by atoms with Crippen LogP contribution >= 0.6 is 15.9 Å². The molecular weight excluding hydrogens is 218 g/mol. The van der Waals surface area contributed by atoms with Crippen LogP contribution in [0, 0.1) is 6.92 Å². The van der Waals surface area contributed by atoms with Gasteiger partial charge in [0.1, 0.15) is 18.4 Å². The fraction of sp³-hybridized carbons (Fsp3) is 0.625. The zero-order valence-corrected chi connectivity index (χ0v) is 9.35. The summed E-state index contributed by atoms with van der Waals surface area (Å²) < 4.78 is 1.98. The van der Waals surface area contributed by atoms with E-state index in [1.165, 1.54) is 17.0 Å². The molecule has 12 heavy (non-hydrogen) atoms. The topological polar surface area (TPSA) is 34.8 Å². The Morgan fingerprint density at radius 3 is 2.42 bits per heavy atom. The molecule has 0 saturated heterocycles. The third kappa shape index (κ3) is 1.24. The van der Waals surface area contributed by atoms with Crippen molar-refractivity contribution in [3.63, 3.8) is 0 Å². The molecule has 0 aliphatic carbocycles. The molecule has 1 rings (SSSR count). The minimum absolute atomic E-state index is 0.854. The van der Waals surface area contributed by atoms with E-state index in [1.54, 1.807) is 4.79 Å². The van der Waals surface area contributed by atoms with Crippen LogP contribution in [0.3, 0.4) is 0 Å². The monoisotopic (exact) mass is 232 g/mol. The quantitative estimate of drug-likeness (QED) is 0.457. The van der Waals surface area contributed by atoms with Gasteiger partial charge in [-0.25, -0.2) is 5.84 Å². The lowest BCUT2D eigenvalue weighted by atomic mass is 10.2. The number of hydrogen-bond donors (Lipinski definition) is 1. The number of alkyl halides is 1. The summed E-state index contributed by atoms with van der Waals surface area (Å²) in [7, 11) is 1.97. The first-order valence-corrected chi connectivity index (χ1v) is 5.16. The average Bonchev–Trinajstić information content (AvgIpc) is 2.25. The van der Waals surface area contributed by atoms with Crippen LogP contribution in [-0.2, 0) is 18.8 Å². The zero-order valence-electron chi connectivity index (χ0n) is 7.76. The van der Waals surface area contributed by atoms with Crippen molar-refractivity contribution in [1.29, 1.82) is 0 Å². The summed E-state index contributed by atoms with van der Waals surface area (Å²) in [4.78, 5) is 1.71. The second-order valence-corrected chi connectivity index (χ2v) is 3.43. The summed E-state index contributed by atoms with van der Waals surface area (Å²) >= 11 is 3.45. The van der Waals surface area contributed by atoms with E-state index in [4.69, 9.17) is 5.84 Å². The summed E-state index contributed by atoms with van der Waals surface area (Å²) in [6.07, 6.45) is 0.975. The lowest BCUT2D eigenvalue weighted by molar-refractivity contribution is -0.754. The Balaban J connectivity index is 3.32. The first kappa shape index (κ1) is 9.58. The van der Waals surface area contributed by atoms with Crippen LogP contribution in [0.25, 0.3) is 0 Å². The van der Waals surface area contributed by atoms with E-state index in [9.17, 15) is 0 Å². The molecule has 1 aromatic heterocycles. The zero-order chi connectivity index (χ0) is 9.30. The van der Waals surface area contributed by atoms with Crippen LogP contribution in [0.1, 0.15) is 23.9 Å². The third-order valence-electron chi connectivity index (χ3n) is 2.32. The van der Waals surface area contributed by atoms with Gasteiger partial charge >= 0.3 is 0 Å². The van der Waals surface area contributed by atoms with Crippen molar-refractivity contribution in [2.45, 2.75) is 25.6 Å². The molecule has 0 spiro atoms. The Morgan fingerprint density at radius 1 is 1.58 bits per heavy atom.